The van der Waals surface area contributed by atoms with Crippen LogP contribution in [0, 0.1) is 6.92 Å². The van der Waals surface area contributed by atoms with E-state index in [1.54, 1.807) is 35.0 Å². The molecule has 8 heteroatoms. The largest absolute Gasteiger partial charge is 0.336 e. The molecule has 3 aromatic rings. The Morgan fingerprint density at radius 1 is 1.04 bits per heavy atom. The molecule has 28 heavy (non-hydrogen) atoms. The maximum absolute atomic E-state index is 12.2. The Morgan fingerprint density at radius 2 is 1.68 bits per heavy atom. The Labute approximate surface area is 178 Å². The first-order valence-electron chi connectivity index (χ1n) is 8.64. The molecule has 0 aliphatic rings. The predicted molar refractivity (Wildman–Crippen MR) is 116 cm³/mol. The van der Waals surface area contributed by atoms with Crippen LogP contribution < -0.4 is 10.6 Å². The summed E-state index contributed by atoms with van der Waals surface area (Å²) in [5.74, 6) is 0.439. The van der Waals surface area contributed by atoms with Gasteiger partial charge >= 0.3 is 6.03 Å². The second-order valence-corrected chi connectivity index (χ2v) is 7.87. The van der Waals surface area contributed by atoms with Crippen molar-refractivity contribution in [2.45, 2.75) is 26.8 Å². The Balaban J connectivity index is 2.14. The molecule has 0 aliphatic carbocycles. The normalized spacial score (nSPS) is 11.0. The minimum Gasteiger partial charge on any atom is -0.336 e. The van der Waals surface area contributed by atoms with Gasteiger partial charge in [0.05, 0.1) is 16.4 Å². The third kappa shape index (κ3) is 4.43. The van der Waals surface area contributed by atoms with Gasteiger partial charge in [0, 0.05) is 27.2 Å². The molecule has 1 aromatic heterocycles. The van der Waals surface area contributed by atoms with Gasteiger partial charge in [-0.05, 0) is 51.1 Å². The molecular formula is C20H19Cl3N4O. The van der Waals surface area contributed by atoms with Crippen LogP contribution in [0.1, 0.15) is 19.4 Å². The zero-order valence-corrected chi connectivity index (χ0v) is 17.8. The summed E-state index contributed by atoms with van der Waals surface area (Å²) in [4.78, 5) is 12.2. The summed E-state index contributed by atoms with van der Waals surface area (Å²) in [6, 6.07) is 12.2. The molecule has 0 unspecified atom stereocenters. The van der Waals surface area contributed by atoms with Crippen LogP contribution >= 0.6 is 34.8 Å². The second kappa shape index (κ2) is 8.43. The van der Waals surface area contributed by atoms with E-state index >= 15 is 0 Å². The molecule has 0 fully saturated rings. The Kier molecular flexibility index (Phi) is 6.18. The standard InChI is InChI=1S/C20H19Cl3N4O/c1-11(2)24-20(28)25-19-12(3)18(13-4-6-14(21)7-5-13)27(26-19)17-9-8-15(22)10-16(17)23/h4-11H,1-3H3,(H2,24,25,26,28). The van der Waals surface area contributed by atoms with Crippen LogP contribution in [0.2, 0.25) is 15.1 Å². The third-order valence-corrected chi connectivity index (χ3v) is 4.82. The molecule has 2 aromatic carbocycles. The fraction of sp³-hybridized carbons (Fsp3) is 0.200. The fourth-order valence-electron chi connectivity index (χ4n) is 2.79. The van der Waals surface area contributed by atoms with Crippen LogP contribution in [0.4, 0.5) is 10.6 Å². The smallest absolute Gasteiger partial charge is 0.320 e. The third-order valence-electron chi connectivity index (χ3n) is 4.03. The van der Waals surface area contributed by atoms with Crippen LogP contribution in [-0.4, -0.2) is 21.9 Å². The molecule has 3 rings (SSSR count). The summed E-state index contributed by atoms with van der Waals surface area (Å²) < 4.78 is 1.70. The molecule has 0 atom stereocenters. The molecule has 146 valence electrons. The van der Waals surface area contributed by atoms with E-state index in [2.05, 4.69) is 15.7 Å². The van der Waals surface area contributed by atoms with Crippen molar-refractivity contribution in [3.05, 3.63) is 63.1 Å². The van der Waals surface area contributed by atoms with Crippen LogP contribution in [0.5, 0.6) is 0 Å². The summed E-state index contributed by atoms with van der Waals surface area (Å²) in [6.45, 7) is 5.66. The summed E-state index contributed by atoms with van der Waals surface area (Å²) in [5.41, 5.74) is 3.13. The van der Waals surface area contributed by atoms with E-state index in [1.165, 1.54) is 0 Å². The monoisotopic (exact) mass is 436 g/mol. The Hall–Kier alpha value is -2.21. The molecule has 0 radical (unpaired) electrons. The Bertz CT molecular complexity index is 1010. The number of anilines is 1. The highest BCUT2D eigenvalue weighted by atomic mass is 35.5. The van der Waals surface area contributed by atoms with Crippen molar-refractivity contribution in [3.8, 4) is 16.9 Å². The lowest BCUT2D eigenvalue weighted by atomic mass is 10.1. The lowest BCUT2D eigenvalue weighted by Crippen LogP contribution is -2.34. The number of amides is 2. The van der Waals surface area contributed by atoms with E-state index in [0.29, 0.717) is 26.6 Å². The molecule has 2 N–H and O–H groups in total. The predicted octanol–water partition coefficient (Wildman–Crippen LogP) is 6.34. The number of benzene rings is 2. The van der Waals surface area contributed by atoms with E-state index in [0.717, 1.165) is 16.8 Å². The van der Waals surface area contributed by atoms with Crippen molar-refractivity contribution >= 4 is 46.7 Å². The average Bonchev–Trinajstić information content (AvgIpc) is 2.91. The van der Waals surface area contributed by atoms with Crippen molar-refractivity contribution < 1.29 is 4.79 Å². The van der Waals surface area contributed by atoms with Crippen molar-refractivity contribution in [1.29, 1.82) is 0 Å². The molecule has 2 amide bonds. The number of hydrogen-bond acceptors (Lipinski definition) is 2. The zero-order valence-electron chi connectivity index (χ0n) is 15.6. The maximum Gasteiger partial charge on any atom is 0.320 e. The topological polar surface area (TPSA) is 59.0 Å². The van der Waals surface area contributed by atoms with Crippen molar-refractivity contribution in [1.82, 2.24) is 15.1 Å². The number of halogens is 3. The molecule has 0 bridgehead atoms. The molecule has 0 aliphatic heterocycles. The highest BCUT2D eigenvalue weighted by molar-refractivity contribution is 6.35. The molecule has 0 saturated heterocycles. The van der Waals surface area contributed by atoms with Gasteiger partial charge in [0.1, 0.15) is 0 Å². The van der Waals surface area contributed by atoms with Crippen LogP contribution in [-0.2, 0) is 0 Å². The summed E-state index contributed by atoms with van der Waals surface area (Å²) in [7, 11) is 0. The minimum absolute atomic E-state index is 0.00355. The van der Waals surface area contributed by atoms with Crippen LogP contribution in [0.3, 0.4) is 0 Å². The maximum atomic E-state index is 12.2. The number of carbonyl (C=O) groups excluding carboxylic acids is 1. The average molecular weight is 438 g/mol. The number of aromatic nitrogens is 2. The summed E-state index contributed by atoms with van der Waals surface area (Å²) in [5, 5.41) is 11.8. The zero-order chi connectivity index (χ0) is 20.4. The van der Waals surface area contributed by atoms with Gasteiger partial charge in [-0.3, -0.25) is 5.32 Å². The number of hydrogen-bond donors (Lipinski definition) is 2. The molecule has 5 nitrogen and oxygen atoms in total. The number of urea groups is 1. The van der Waals surface area contributed by atoms with Crippen molar-refractivity contribution in [2.24, 2.45) is 0 Å². The van der Waals surface area contributed by atoms with Crippen LogP contribution in [0.15, 0.2) is 42.5 Å². The molecule has 0 saturated carbocycles. The van der Waals surface area contributed by atoms with Crippen molar-refractivity contribution in [2.75, 3.05) is 5.32 Å². The number of rotatable bonds is 4. The first-order chi connectivity index (χ1) is 13.3. The van der Waals surface area contributed by atoms with Crippen LogP contribution in [0.25, 0.3) is 16.9 Å². The van der Waals surface area contributed by atoms with E-state index in [-0.39, 0.29) is 12.1 Å². The summed E-state index contributed by atoms with van der Waals surface area (Å²) in [6.07, 6.45) is 0. The van der Waals surface area contributed by atoms with Gasteiger partial charge in [-0.15, -0.1) is 5.10 Å². The summed E-state index contributed by atoms with van der Waals surface area (Å²) >= 11 is 18.5. The molecular weight excluding hydrogens is 419 g/mol. The first kappa shape index (κ1) is 20.5. The van der Waals surface area contributed by atoms with Gasteiger partial charge < -0.3 is 5.32 Å². The molecule has 0 spiro atoms. The van der Waals surface area contributed by atoms with E-state index < -0.39 is 0 Å². The van der Waals surface area contributed by atoms with Gasteiger partial charge in [-0.2, -0.15) is 0 Å². The van der Waals surface area contributed by atoms with Gasteiger partial charge in [-0.1, -0.05) is 46.9 Å². The van der Waals surface area contributed by atoms with Gasteiger partial charge in [-0.25, -0.2) is 9.48 Å². The van der Waals surface area contributed by atoms with Crippen molar-refractivity contribution in [3.63, 3.8) is 0 Å². The highest BCUT2D eigenvalue weighted by Crippen LogP contribution is 2.34. The SMILES string of the molecule is Cc1c(NC(=O)NC(C)C)nn(-c2ccc(Cl)cc2Cl)c1-c1ccc(Cl)cc1. The highest BCUT2D eigenvalue weighted by Gasteiger charge is 2.20. The Morgan fingerprint density at radius 3 is 2.29 bits per heavy atom. The van der Waals surface area contributed by atoms with E-state index in [9.17, 15) is 4.79 Å². The van der Waals surface area contributed by atoms with Gasteiger partial charge in [0.15, 0.2) is 5.82 Å². The molecule has 1 heterocycles. The second-order valence-electron chi connectivity index (χ2n) is 6.59. The number of nitrogens with one attached hydrogen (secondary N) is 2. The van der Waals surface area contributed by atoms with Gasteiger partial charge in [0.25, 0.3) is 0 Å². The number of nitrogens with zero attached hydrogens (tertiary/aromatic N) is 2. The lowest BCUT2D eigenvalue weighted by Gasteiger charge is -2.10. The first-order valence-corrected chi connectivity index (χ1v) is 9.78. The minimum atomic E-state index is -0.326. The number of carbonyl (C=O) groups is 1. The quantitative estimate of drug-likeness (QED) is 0.500. The fourth-order valence-corrected chi connectivity index (χ4v) is 3.41. The van der Waals surface area contributed by atoms with Gasteiger partial charge in [0.2, 0.25) is 0 Å². The lowest BCUT2D eigenvalue weighted by molar-refractivity contribution is 0.250. The van der Waals surface area contributed by atoms with E-state index in [1.807, 2.05) is 32.9 Å². The van der Waals surface area contributed by atoms with E-state index in [4.69, 9.17) is 34.8 Å².